The standard InChI is InChI=1S/C22H21FN4O5/c1-22(2,3)32-21(30)27-18-12-14(8-10-24-18)31-17-7-6-13(11-16(17)23)26-19-15(20(28)29)5-4-9-25-19/h4-12H,1-3H3,(H,25,26)(H,28,29)(H,24,27,30). The second-order valence-electron chi connectivity index (χ2n) is 7.58. The number of carboxylic acids is 1. The summed E-state index contributed by atoms with van der Waals surface area (Å²) in [7, 11) is 0. The first-order chi connectivity index (χ1) is 15.1. The van der Waals surface area contributed by atoms with E-state index in [2.05, 4.69) is 20.6 Å². The highest BCUT2D eigenvalue weighted by atomic mass is 19.1. The number of aromatic nitrogens is 2. The summed E-state index contributed by atoms with van der Waals surface area (Å²) in [6.45, 7) is 5.20. The van der Waals surface area contributed by atoms with Crippen LogP contribution in [0.4, 0.5) is 26.5 Å². The van der Waals surface area contributed by atoms with Gasteiger partial charge in [0.1, 0.15) is 28.5 Å². The third-order valence-corrected chi connectivity index (χ3v) is 3.82. The molecule has 9 nitrogen and oxygen atoms in total. The van der Waals surface area contributed by atoms with Gasteiger partial charge in [-0.15, -0.1) is 0 Å². The summed E-state index contributed by atoms with van der Waals surface area (Å²) in [6, 6.07) is 9.84. The average Bonchev–Trinajstić information content (AvgIpc) is 2.69. The second kappa shape index (κ2) is 9.29. The summed E-state index contributed by atoms with van der Waals surface area (Å²) in [6.07, 6.45) is 2.14. The molecule has 10 heteroatoms. The van der Waals surface area contributed by atoms with Crippen LogP contribution in [0.2, 0.25) is 0 Å². The summed E-state index contributed by atoms with van der Waals surface area (Å²) >= 11 is 0. The number of rotatable bonds is 6. The third-order valence-electron chi connectivity index (χ3n) is 3.82. The number of nitrogens with zero attached hydrogens (tertiary/aromatic N) is 2. The van der Waals surface area contributed by atoms with Crippen LogP contribution in [0.1, 0.15) is 31.1 Å². The number of aromatic carboxylic acids is 1. The molecule has 0 aliphatic carbocycles. The minimum Gasteiger partial charge on any atom is -0.478 e. The van der Waals surface area contributed by atoms with Crippen LogP contribution in [0, 0.1) is 5.82 Å². The molecule has 32 heavy (non-hydrogen) atoms. The van der Waals surface area contributed by atoms with Gasteiger partial charge in [0, 0.05) is 30.2 Å². The minimum atomic E-state index is -1.16. The number of halogens is 1. The summed E-state index contributed by atoms with van der Waals surface area (Å²) in [4.78, 5) is 31.1. The lowest BCUT2D eigenvalue weighted by atomic mass is 10.2. The maximum Gasteiger partial charge on any atom is 0.413 e. The van der Waals surface area contributed by atoms with Crippen molar-refractivity contribution in [2.24, 2.45) is 0 Å². The Bertz CT molecular complexity index is 1150. The highest BCUT2D eigenvalue weighted by molar-refractivity contribution is 5.93. The van der Waals surface area contributed by atoms with Gasteiger partial charge in [-0.25, -0.2) is 23.9 Å². The molecule has 0 saturated heterocycles. The molecule has 0 atom stereocenters. The highest BCUT2D eigenvalue weighted by Gasteiger charge is 2.17. The topological polar surface area (TPSA) is 123 Å². The average molecular weight is 440 g/mol. The predicted octanol–water partition coefficient (Wildman–Crippen LogP) is 5.20. The molecule has 0 saturated carbocycles. The van der Waals surface area contributed by atoms with E-state index in [0.717, 1.165) is 6.07 Å². The van der Waals surface area contributed by atoms with Crippen LogP contribution in [0.3, 0.4) is 0 Å². The molecule has 3 rings (SSSR count). The number of hydrogen-bond donors (Lipinski definition) is 3. The van der Waals surface area contributed by atoms with E-state index in [9.17, 15) is 19.1 Å². The number of amides is 1. The van der Waals surface area contributed by atoms with Gasteiger partial charge in [0.05, 0.1) is 0 Å². The molecule has 3 aromatic rings. The summed E-state index contributed by atoms with van der Waals surface area (Å²) in [5, 5.41) is 14.5. The molecule has 0 bridgehead atoms. The lowest BCUT2D eigenvalue weighted by Gasteiger charge is -2.19. The first-order valence-electron chi connectivity index (χ1n) is 9.49. The van der Waals surface area contributed by atoms with Gasteiger partial charge < -0.3 is 19.9 Å². The van der Waals surface area contributed by atoms with Crippen molar-refractivity contribution >= 4 is 29.4 Å². The van der Waals surface area contributed by atoms with E-state index in [1.54, 1.807) is 20.8 Å². The van der Waals surface area contributed by atoms with Crippen molar-refractivity contribution in [2.45, 2.75) is 26.4 Å². The Kier molecular flexibility index (Phi) is 6.53. The van der Waals surface area contributed by atoms with Gasteiger partial charge in [-0.05, 0) is 51.1 Å². The van der Waals surface area contributed by atoms with Crippen LogP contribution in [0.5, 0.6) is 11.5 Å². The van der Waals surface area contributed by atoms with Crippen molar-refractivity contribution in [1.29, 1.82) is 0 Å². The molecule has 2 heterocycles. The van der Waals surface area contributed by atoms with Gasteiger partial charge >= 0.3 is 12.1 Å². The Morgan fingerprint density at radius 2 is 1.84 bits per heavy atom. The monoisotopic (exact) mass is 440 g/mol. The molecule has 0 radical (unpaired) electrons. The number of carbonyl (C=O) groups excluding carboxylic acids is 1. The smallest absolute Gasteiger partial charge is 0.413 e. The Morgan fingerprint density at radius 1 is 1.06 bits per heavy atom. The van der Waals surface area contributed by atoms with Gasteiger partial charge in [0.2, 0.25) is 0 Å². The fraction of sp³-hybridized carbons (Fsp3) is 0.182. The van der Waals surface area contributed by atoms with Crippen LogP contribution in [0.25, 0.3) is 0 Å². The Balaban J connectivity index is 1.71. The fourth-order valence-electron chi connectivity index (χ4n) is 2.55. The van der Waals surface area contributed by atoms with Crippen LogP contribution >= 0.6 is 0 Å². The molecule has 1 amide bonds. The number of ether oxygens (including phenoxy) is 2. The maximum atomic E-state index is 14.6. The first-order valence-corrected chi connectivity index (χ1v) is 9.49. The number of hydrogen-bond acceptors (Lipinski definition) is 7. The Hall–Kier alpha value is -4.21. The van der Waals surface area contributed by atoms with Crippen LogP contribution in [-0.4, -0.2) is 32.7 Å². The molecule has 0 spiro atoms. The van der Waals surface area contributed by atoms with E-state index in [-0.39, 0.29) is 34.4 Å². The number of carbonyl (C=O) groups is 2. The second-order valence-corrected chi connectivity index (χ2v) is 7.58. The number of anilines is 3. The minimum absolute atomic E-state index is 0.0463. The van der Waals surface area contributed by atoms with Gasteiger partial charge in [-0.2, -0.15) is 0 Å². The first kappa shape index (κ1) is 22.5. The van der Waals surface area contributed by atoms with E-state index in [1.165, 1.54) is 48.8 Å². The number of carboxylic acid groups (broad SMARTS) is 1. The molecular formula is C22H21FN4O5. The Labute approximate surface area is 183 Å². The lowest BCUT2D eigenvalue weighted by molar-refractivity contribution is 0.0633. The van der Waals surface area contributed by atoms with Crippen molar-refractivity contribution in [2.75, 3.05) is 10.6 Å². The van der Waals surface area contributed by atoms with Crippen molar-refractivity contribution in [3.05, 3.63) is 66.2 Å². The maximum absolute atomic E-state index is 14.6. The van der Waals surface area contributed by atoms with Crippen molar-refractivity contribution in [3.8, 4) is 11.5 Å². The lowest BCUT2D eigenvalue weighted by Crippen LogP contribution is -2.27. The molecular weight excluding hydrogens is 419 g/mol. The van der Waals surface area contributed by atoms with Crippen molar-refractivity contribution in [3.63, 3.8) is 0 Å². The van der Waals surface area contributed by atoms with E-state index in [0.29, 0.717) is 0 Å². The van der Waals surface area contributed by atoms with Gasteiger partial charge in [0.15, 0.2) is 11.6 Å². The summed E-state index contributed by atoms with van der Waals surface area (Å²) in [5.74, 6) is -1.43. The molecule has 0 aliphatic heterocycles. The molecule has 0 aliphatic rings. The van der Waals surface area contributed by atoms with Crippen LogP contribution in [-0.2, 0) is 4.74 Å². The van der Waals surface area contributed by atoms with Gasteiger partial charge in [-0.3, -0.25) is 5.32 Å². The normalized spacial score (nSPS) is 10.9. The van der Waals surface area contributed by atoms with Gasteiger partial charge in [0.25, 0.3) is 0 Å². The Morgan fingerprint density at radius 3 is 2.53 bits per heavy atom. The van der Waals surface area contributed by atoms with Crippen LogP contribution < -0.4 is 15.4 Å². The summed E-state index contributed by atoms with van der Waals surface area (Å²) in [5.41, 5.74) is -0.425. The van der Waals surface area contributed by atoms with E-state index in [4.69, 9.17) is 9.47 Å². The SMILES string of the molecule is CC(C)(C)OC(=O)Nc1cc(Oc2ccc(Nc3ncccc3C(=O)O)cc2F)ccn1. The molecule has 166 valence electrons. The molecule has 1 aromatic carbocycles. The molecule has 3 N–H and O–H groups in total. The number of benzene rings is 1. The number of pyridine rings is 2. The highest BCUT2D eigenvalue weighted by Crippen LogP contribution is 2.29. The third kappa shape index (κ3) is 6.14. The fourth-order valence-corrected chi connectivity index (χ4v) is 2.55. The predicted molar refractivity (Wildman–Crippen MR) is 115 cm³/mol. The van der Waals surface area contributed by atoms with E-state index < -0.39 is 23.5 Å². The largest absolute Gasteiger partial charge is 0.478 e. The van der Waals surface area contributed by atoms with Crippen molar-refractivity contribution in [1.82, 2.24) is 9.97 Å². The van der Waals surface area contributed by atoms with Gasteiger partial charge in [-0.1, -0.05) is 0 Å². The zero-order chi connectivity index (χ0) is 23.3. The quantitative estimate of drug-likeness (QED) is 0.478. The van der Waals surface area contributed by atoms with Crippen molar-refractivity contribution < 1.29 is 28.6 Å². The zero-order valence-corrected chi connectivity index (χ0v) is 17.5. The molecule has 2 aromatic heterocycles. The molecule has 0 fully saturated rings. The van der Waals surface area contributed by atoms with E-state index >= 15 is 0 Å². The zero-order valence-electron chi connectivity index (χ0n) is 17.5. The summed E-state index contributed by atoms with van der Waals surface area (Å²) < 4.78 is 25.3. The molecule has 0 unspecified atom stereocenters. The van der Waals surface area contributed by atoms with Crippen LogP contribution in [0.15, 0.2) is 54.9 Å². The van der Waals surface area contributed by atoms with E-state index in [1.807, 2.05) is 0 Å². The number of nitrogens with one attached hydrogen (secondary N) is 2.